The summed E-state index contributed by atoms with van der Waals surface area (Å²) in [5.74, 6) is 0.181. The van der Waals surface area contributed by atoms with E-state index < -0.39 is 6.04 Å². The molecule has 0 radical (unpaired) electrons. The summed E-state index contributed by atoms with van der Waals surface area (Å²) in [5.41, 5.74) is 1.77. The molecule has 0 saturated heterocycles. The molecule has 0 heterocycles. The van der Waals surface area contributed by atoms with Gasteiger partial charge in [0.05, 0.1) is 6.61 Å². The van der Waals surface area contributed by atoms with E-state index in [2.05, 4.69) is 5.32 Å². The Morgan fingerprint density at radius 2 is 1.53 bits per heavy atom. The van der Waals surface area contributed by atoms with E-state index in [0.29, 0.717) is 19.4 Å². The van der Waals surface area contributed by atoms with Crippen molar-refractivity contribution in [3.63, 3.8) is 0 Å². The molecule has 1 N–H and O–H groups in total. The maximum atomic E-state index is 13.7. The summed E-state index contributed by atoms with van der Waals surface area (Å²) in [4.78, 5) is 29.1. The van der Waals surface area contributed by atoms with Crippen LogP contribution in [-0.4, -0.2) is 35.4 Å². The van der Waals surface area contributed by atoms with E-state index in [1.54, 1.807) is 17.0 Å². The molecule has 0 unspecified atom stereocenters. The summed E-state index contributed by atoms with van der Waals surface area (Å²) < 4.78 is 19.4. The molecule has 6 heteroatoms. The fourth-order valence-corrected chi connectivity index (χ4v) is 4.96. The average Bonchev–Trinajstić information content (AvgIpc) is 2.95. The molecule has 38 heavy (non-hydrogen) atoms. The number of amides is 2. The first-order chi connectivity index (χ1) is 18.6. The van der Waals surface area contributed by atoms with Gasteiger partial charge in [-0.3, -0.25) is 9.59 Å². The second-order valence-electron chi connectivity index (χ2n) is 9.96. The van der Waals surface area contributed by atoms with Gasteiger partial charge in [0.2, 0.25) is 11.8 Å². The molecule has 1 saturated carbocycles. The lowest BCUT2D eigenvalue weighted by molar-refractivity contribution is -0.141. The number of ether oxygens (including phenoxy) is 1. The van der Waals surface area contributed by atoms with Crippen LogP contribution in [0.15, 0.2) is 84.9 Å². The first-order valence-corrected chi connectivity index (χ1v) is 13.6. The van der Waals surface area contributed by atoms with Crippen molar-refractivity contribution in [1.29, 1.82) is 0 Å². The summed E-state index contributed by atoms with van der Waals surface area (Å²) in [6, 6.07) is 24.9. The van der Waals surface area contributed by atoms with E-state index >= 15 is 0 Å². The molecule has 4 rings (SSSR count). The number of benzene rings is 3. The highest BCUT2D eigenvalue weighted by Crippen LogP contribution is 2.21. The van der Waals surface area contributed by atoms with Gasteiger partial charge in [-0.15, -0.1) is 0 Å². The first kappa shape index (κ1) is 27.4. The second-order valence-corrected chi connectivity index (χ2v) is 9.96. The van der Waals surface area contributed by atoms with Gasteiger partial charge < -0.3 is 15.0 Å². The van der Waals surface area contributed by atoms with Gasteiger partial charge in [0.25, 0.3) is 0 Å². The van der Waals surface area contributed by atoms with Crippen LogP contribution in [0.5, 0.6) is 5.75 Å². The van der Waals surface area contributed by atoms with Crippen molar-refractivity contribution in [2.24, 2.45) is 0 Å². The van der Waals surface area contributed by atoms with Crippen LogP contribution in [0.3, 0.4) is 0 Å². The SMILES string of the molecule is O=C(NC1CCCCC1)[C@H](Cc1ccccc1)N(Cc1ccc(F)cc1)C(=O)CCCOc1ccccc1. The van der Waals surface area contributed by atoms with Crippen LogP contribution in [0, 0.1) is 5.82 Å². The van der Waals surface area contributed by atoms with Crippen molar-refractivity contribution >= 4 is 11.8 Å². The van der Waals surface area contributed by atoms with Gasteiger partial charge in [-0.2, -0.15) is 0 Å². The normalized spacial score (nSPS) is 14.4. The molecule has 0 aliphatic heterocycles. The molecular formula is C32H37FN2O3. The molecule has 0 aromatic heterocycles. The minimum absolute atomic E-state index is 0.120. The van der Waals surface area contributed by atoms with Crippen molar-refractivity contribution < 1.29 is 18.7 Å². The summed E-state index contributed by atoms with van der Waals surface area (Å²) in [6.45, 7) is 0.631. The summed E-state index contributed by atoms with van der Waals surface area (Å²) >= 11 is 0. The van der Waals surface area contributed by atoms with Crippen molar-refractivity contribution in [2.45, 2.75) is 70.0 Å². The fraction of sp³-hybridized carbons (Fsp3) is 0.375. The Morgan fingerprint density at radius 1 is 0.868 bits per heavy atom. The first-order valence-electron chi connectivity index (χ1n) is 13.6. The van der Waals surface area contributed by atoms with Crippen molar-refractivity contribution in [3.8, 4) is 5.75 Å². The predicted octanol–water partition coefficient (Wildman–Crippen LogP) is 6.07. The molecule has 3 aromatic rings. The average molecular weight is 517 g/mol. The maximum Gasteiger partial charge on any atom is 0.243 e. The lowest BCUT2D eigenvalue weighted by Crippen LogP contribution is -2.52. The van der Waals surface area contributed by atoms with E-state index in [1.807, 2.05) is 60.7 Å². The number of carbonyl (C=O) groups excluding carboxylic acids is 2. The van der Waals surface area contributed by atoms with E-state index in [0.717, 1.165) is 42.6 Å². The van der Waals surface area contributed by atoms with Crippen LogP contribution in [0.4, 0.5) is 4.39 Å². The van der Waals surface area contributed by atoms with Crippen LogP contribution >= 0.6 is 0 Å². The van der Waals surface area contributed by atoms with Gasteiger partial charge in [-0.1, -0.05) is 79.9 Å². The lowest BCUT2D eigenvalue weighted by Gasteiger charge is -2.33. The lowest BCUT2D eigenvalue weighted by atomic mass is 9.94. The predicted molar refractivity (Wildman–Crippen MR) is 147 cm³/mol. The van der Waals surface area contributed by atoms with Gasteiger partial charge in [-0.05, 0) is 54.7 Å². The van der Waals surface area contributed by atoms with E-state index in [-0.39, 0.29) is 36.6 Å². The molecule has 1 fully saturated rings. The Labute approximate surface area is 225 Å². The monoisotopic (exact) mass is 516 g/mol. The third-order valence-corrected chi connectivity index (χ3v) is 7.04. The molecule has 1 aliphatic carbocycles. The number of nitrogens with zero attached hydrogens (tertiary/aromatic N) is 1. The summed E-state index contributed by atoms with van der Waals surface area (Å²) in [6.07, 6.45) is 6.51. The van der Waals surface area contributed by atoms with Crippen LogP contribution in [0.2, 0.25) is 0 Å². The minimum Gasteiger partial charge on any atom is -0.494 e. The Balaban J connectivity index is 1.52. The number of rotatable bonds is 12. The summed E-state index contributed by atoms with van der Waals surface area (Å²) in [5, 5.41) is 3.24. The third kappa shape index (κ3) is 8.44. The number of hydrogen-bond donors (Lipinski definition) is 1. The maximum absolute atomic E-state index is 13.7. The number of nitrogens with one attached hydrogen (secondary N) is 1. The zero-order chi connectivity index (χ0) is 26.6. The third-order valence-electron chi connectivity index (χ3n) is 7.04. The standard InChI is InChI=1S/C32H37FN2O3/c33-27-20-18-26(19-21-27)24-35(31(36)17-10-22-38-29-15-8-3-9-16-29)30(23-25-11-4-1-5-12-25)32(37)34-28-13-6-2-7-14-28/h1,3-5,8-9,11-12,15-16,18-21,28,30H,2,6-7,10,13-14,17,22-24H2,(H,34,37)/t30-/m0/s1. The highest BCUT2D eigenvalue weighted by molar-refractivity contribution is 5.88. The Kier molecular flexibility index (Phi) is 10.3. The van der Waals surface area contributed by atoms with Gasteiger partial charge >= 0.3 is 0 Å². The quantitative estimate of drug-likeness (QED) is 0.297. The van der Waals surface area contributed by atoms with Crippen molar-refractivity contribution in [3.05, 3.63) is 102 Å². The summed E-state index contributed by atoms with van der Waals surface area (Å²) in [7, 11) is 0. The van der Waals surface area contributed by atoms with Crippen LogP contribution in [0.25, 0.3) is 0 Å². The molecule has 0 spiro atoms. The molecule has 200 valence electrons. The Bertz CT molecular complexity index is 1130. The molecule has 5 nitrogen and oxygen atoms in total. The molecule has 0 bridgehead atoms. The Morgan fingerprint density at radius 3 is 2.21 bits per heavy atom. The second kappa shape index (κ2) is 14.3. The van der Waals surface area contributed by atoms with Gasteiger partial charge in [0, 0.05) is 25.4 Å². The highest BCUT2D eigenvalue weighted by Gasteiger charge is 2.31. The van der Waals surface area contributed by atoms with Gasteiger partial charge in [0.1, 0.15) is 17.6 Å². The smallest absolute Gasteiger partial charge is 0.243 e. The molecule has 1 aliphatic rings. The molecular weight excluding hydrogens is 479 g/mol. The zero-order valence-electron chi connectivity index (χ0n) is 21.9. The molecule has 2 amide bonds. The van der Waals surface area contributed by atoms with Crippen LogP contribution in [0.1, 0.15) is 56.1 Å². The van der Waals surface area contributed by atoms with Gasteiger partial charge in [-0.25, -0.2) is 4.39 Å². The van der Waals surface area contributed by atoms with Crippen molar-refractivity contribution in [2.75, 3.05) is 6.61 Å². The van der Waals surface area contributed by atoms with E-state index in [9.17, 15) is 14.0 Å². The number of para-hydroxylation sites is 1. The number of carbonyl (C=O) groups is 2. The topological polar surface area (TPSA) is 58.6 Å². The van der Waals surface area contributed by atoms with E-state index in [1.165, 1.54) is 18.6 Å². The van der Waals surface area contributed by atoms with Crippen LogP contribution < -0.4 is 10.1 Å². The molecule has 3 aromatic carbocycles. The fourth-order valence-electron chi connectivity index (χ4n) is 4.96. The van der Waals surface area contributed by atoms with E-state index in [4.69, 9.17) is 4.74 Å². The highest BCUT2D eigenvalue weighted by atomic mass is 19.1. The zero-order valence-corrected chi connectivity index (χ0v) is 21.9. The number of halogens is 1. The number of hydrogen-bond acceptors (Lipinski definition) is 3. The van der Waals surface area contributed by atoms with Crippen LogP contribution in [-0.2, 0) is 22.6 Å². The largest absolute Gasteiger partial charge is 0.494 e. The van der Waals surface area contributed by atoms with Gasteiger partial charge in [0.15, 0.2) is 0 Å². The molecule has 1 atom stereocenters. The minimum atomic E-state index is -0.674. The Hall–Kier alpha value is -3.67. The van der Waals surface area contributed by atoms with Crippen molar-refractivity contribution in [1.82, 2.24) is 10.2 Å².